The molecule has 1 saturated heterocycles. The van der Waals surface area contributed by atoms with Crippen LogP contribution in [0.3, 0.4) is 0 Å². The molecule has 2 atom stereocenters. The number of fused-ring (bicyclic) bond motifs is 1. The molecule has 3 rings (SSSR count). The Kier molecular flexibility index (Phi) is 2.80. The molecule has 2 aromatic rings. The van der Waals surface area contributed by atoms with Crippen LogP contribution in [0.5, 0.6) is 0 Å². The van der Waals surface area contributed by atoms with Crippen molar-refractivity contribution in [3.63, 3.8) is 0 Å². The fraction of sp³-hybridized carbons (Fsp3) is 0.600. The molecule has 2 aromatic heterocycles. The summed E-state index contributed by atoms with van der Waals surface area (Å²) < 4.78 is 7.32. The van der Waals surface area contributed by atoms with Gasteiger partial charge in [-0.05, 0) is 17.4 Å². The second-order valence-corrected chi connectivity index (χ2v) is 4.41. The lowest BCUT2D eigenvalue weighted by molar-refractivity contribution is 0.0278. The minimum absolute atomic E-state index is 0.0351. The van der Waals surface area contributed by atoms with Crippen LogP contribution >= 0.6 is 0 Å². The highest BCUT2D eigenvalue weighted by molar-refractivity contribution is 5.47. The molecule has 0 radical (unpaired) electrons. The summed E-state index contributed by atoms with van der Waals surface area (Å²) in [6.07, 6.45) is 3.43. The summed E-state index contributed by atoms with van der Waals surface area (Å²) in [6.45, 7) is 3.96. The zero-order chi connectivity index (χ0) is 12.5. The molecule has 3 heterocycles. The van der Waals surface area contributed by atoms with E-state index in [0.717, 1.165) is 12.4 Å². The van der Waals surface area contributed by atoms with E-state index in [1.807, 2.05) is 0 Å². The van der Waals surface area contributed by atoms with Crippen LogP contribution in [0.25, 0.3) is 5.65 Å². The molecule has 0 aromatic carbocycles. The van der Waals surface area contributed by atoms with Gasteiger partial charge < -0.3 is 15.4 Å². The van der Waals surface area contributed by atoms with Crippen molar-refractivity contribution in [2.24, 2.45) is 5.73 Å². The third-order valence-corrected chi connectivity index (χ3v) is 3.15. The number of anilines is 1. The number of ether oxygens (including phenoxy) is 1. The minimum atomic E-state index is 0.0351. The Hall–Kier alpha value is -1.80. The monoisotopic (exact) mass is 249 g/mol. The van der Waals surface area contributed by atoms with Crippen LogP contribution in [-0.4, -0.2) is 56.9 Å². The molecular formula is C10H15N7O. The Labute approximate surface area is 104 Å². The first-order valence-corrected chi connectivity index (χ1v) is 5.90. The van der Waals surface area contributed by atoms with Crippen molar-refractivity contribution in [3.8, 4) is 0 Å². The maximum absolute atomic E-state index is 5.67. The number of hydrogen-bond acceptors (Lipinski definition) is 7. The lowest BCUT2D eigenvalue weighted by atomic mass is 10.2. The second kappa shape index (κ2) is 4.46. The Morgan fingerprint density at radius 3 is 3.22 bits per heavy atom. The molecule has 8 heteroatoms. The molecule has 0 spiro atoms. The van der Waals surface area contributed by atoms with E-state index in [-0.39, 0.29) is 12.1 Å². The first kappa shape index (κ1) is 11.3. The second-order valence-electron chi connectivity index (χ2n) is 4.41. The average Bonchev–Trinajstić information content (AvgIpc) is 2.87. The summed E-state index contributed by atoms with van der Waals surface area (Å²) in [5.41, 5.74) is 6.30. The number of rotatable bonds is 2. The predicted molar refractivity (Wildman–Crippen MR) is 64.2 cm³/mol. The predicted octanol–water partition coefficient (Wildman–Crippen LogP) is -0.928. The maximum Gasteiger partial charge on any atom is 0.199 e. The Morgan fingerprint density at radius 1 is 1.50 bits per heavy atom. The van der Waals surface area contributed by atoms with Crippen LogP contribution < -0.4 is 10.6 Å². The highest BCUT2D eigenvalue weighted by Gasteiger charge is 2.27. The molecule has 2 unspecified atom stereocenters. The van der Waals surface area contributed by atoms with E-state index in [9.17, 15) is 0 Å². The number of tetrazole rings is 1. The van der Waals surface area contributed by atoms with Gasteiger partial charge in [0.25, 0.3) is 0 Å². The molecule has 2 N–H and O–H groups in total. The van der Waals surface area contributed by atoms with Crippen LogP contribution in [0.2, 0.25) is 0 Å². The van der Waals surface area contributed by atoms with Gasteiger partial charge in [-0.3, -0.25) is 4.98 Å². The largest absolute Gasteiger partial charge is 0.373 e. The first-order valence-electron chi connectivity index (χ1n) is 5.90. The molecule has 1 aliphatic heterocycles. The standard InChI is InChI=1S/C10H15N7O/c1-7-6-18-8(2-11)5-16(7)10-4-12-3-9-13-14-15-17(9)10/h3-4,7-8H,2,5-6,11H2,1H3. The fourth-order valence-electron chi connectivity index (χ4n) is 2.14. The van der Waals surface area contributed by atoms with Crippen molar-refractivity contribution >= 4 is 11.5 Å². The lowest BCUT2D eigenvalue weighted by Gasteiger charge is -2.38. The third-order valence-electron chi connectivity index (χ3n) is 3.15. The zero-order valence-electron chi connectivity index (χ0n) is 10.1. The Bertz CT molecular complexity index is 542. The summed E-state index contributed by atoms with van der Waals surface area (Å²) in [6, 6.07) is 0.240. The number of nitrogens with zero attached hydrogens (tertiary/aromatic N) is 6. The van der Waals surface area contributed by atoms with E-state index in [2.05, 4.69) is 32.3 Å². The van der Waals surface area contributed by atoms with E-state index in [1.165, 1.54) is 0 Å². The van der Waals surface area contributed by atoms with Gasteiger partial charge in [0.05, 0.1) is 31.1 Å². The van der Waals surface area contributed by atoms with Gasteiger partial charge in [0.2, 0.25) is 0 Å². The SMILES string of the molecule is CC1COC(CN)CN1c1cncc2nnnn12. The molecule has 0 aliphatic carbocycles. The van der Waals surface area contributed by atoms with E-state index in [1.54, 1.807) is 16.9 Å². The fourth-order valence-corrected chi connectivity index (χ4v) is 2.14. The molecule has 8 nitrogen and oxygen atoms in total. The number of aromatic nitrogens is 5. The number of nitrogens with two attached hydrogens (primary N) is 1. The molecular weight excluding hydrogens is 234 g/mol. The van der Waals surface area contributed by atoms with Gasteiger partial charge in [-0.25, -0.2) is 0 Å². The van der Waals surface area contributed by atoms with E-state index in [0.29, 0.717) is 18.8 Å². The van der Waals surface area contributed by atoms with Crippen molar-refractivity contribution < 1.29 is 4.74 Å². The molecule has 0 saturated carbocycles. The van der Waals surface area contributed by atoms with Gasteiger partial charge in [-0.2, -0.15) is 4.52 Å². The first-order chi connectivity index (χ1) is 8.79. The number of morpholine rings is 1. The van der Waals surface area contributed by atoms with Gasteiger partial charge in [0.1, 0.15) is 0 Å². The van der Waals surface area contributed by atoms with E-state index < -0.39 is 0 Å². The molecule has 1 aliphatic rings. The Morgan fingerprint density at radius 2 is 2.39 bits per heavy atom. The van der Waals surface area contributed by atoms with Crippen LogP contribution in [0.1, 0.15) is 6.92 Å². The van der Waals surface area contributed by atoms with Gasteiger partial charge in [-0.1, -0.05) is 0 Å². The Balaban J connectivity index is 1.99. The smallest absolute Gasteiger partial charge is 0.199 e. The summed E-state index contributed by atoms with van der Waals surface area (Å²) in [5, 5.41) is 11.5. The van der Waals surface area contributed by atoms with Crippen molar-refractivity contribution in [3.05, 3.63) is 12.4 Å². The third kappa shape index (κ3) is 1.79. The van der Waals surface area contributed by atoms with Crippen molar-refractivity contribution in [1.29, 1.82) is 0 Å². The van der Waals surface area contributed by atoms with E-state index in [4.69, 9.17) is 10.5 Å². The molecule has 1 fully saturated rings. The topological polar surface area (TPSA) is 94.5 Å². The maximum atomic E-state index is 5.67. The average molecular weight is 249 g/mol. The highest BCUT2D eigenvalue weighted by atomic mass is 16.5. The number of hydrogen-bond donors (Lipinski definition) is 1. The molecule has 96 valence electrons. The van der Waals surface area contributed by atoms with Gasteiger partial charge in [0.15, 0.2) is 11.5 Å². The van der Waals surface area contributed by atoms with Crippen LogP contribution in [0.4, 0.5) is 5.82 Å². The normalized spacial score (nSPS) is 24.7. The summed E-state index contributed by atoms with van der Waals surface area (Å²) >= 11 is 0. The van der Waals surface area contributed by atoms with Crippen molar-refractivity contribution in [2.75, 3.05) is 24.6 Å². The minimum Gasteiger partial charge on any atom is -0.373 e. The van der Waals surface area contributed by atoms with Gasteiger partial charge >= 0.3 is 0 Å². The summed E-state index contributed by atoms with van der Waals surface area (Å²) in [5.74, 6) is 0.867. The van der Waals surface area contributed by atoms with Crippen LogP contribution in [0, 0.1) is 0 Å². The van der Waals surface area contributed by atoms with Crippen LogP contribution in [0.15, 0.2) is 12.4 Å². The van der Waals surface area contributed by atoms with E-state index >= 15 is 0 Å². The van der Waals surface area contributed by atoms with Gasteiger partial charge in [-0.15, -0.1) is 5.10 Å². The highest BCUT2D eigenvalue weighted by Crippen LogP contribution is 2.20. The zero-order valence-corrected chi connectivity index (χ0v) is 10.1. The van der Waals surface area contributed by atoms with Crippen LogP contribution in [-0.2, 0) is 4.74 Å². The summed E-state index contributed by atoms with van der Waals surface area (Å²) in [4.78, 5) is 6.35. The molecule has 0 bridgehead atoms. The summed E-state index contributed by atoms with van der Waals surface area (Å²) in [7, 11) is 0. The quantitative estimate of drug-likeness (QED) is 0.734. The lowest BCUT2D eigenvalue weighted by Crippen LogP contribution is -2.51. The van der Waals surface area contributed by atoms with Crippen molar-refractivity contribution in [2.45, 2.75) is 19.1 Å². The molecule has 18 heavy (non-hydrogen) atoms. The van der Waals surface area contributed by atoms with Crippen molar-refractivity contribution in [1.82, 2.24) is 25.0 Å². The molecule has 0 amide bonds. The van der Waals surface area contributed by atoms with Gasteiger partial charge in [0, 0.05) is 13.1 Å².